The Balaban J connectivity index is 1.93. The number of hydrogen-bond acceptors (Lipinski definition) is 5. The van der Waals surface area contributed by atoms with Crippen LogP contribution in [0.3, 0.4) is 0 Å². The van der Waals surface area contributed by atoms with Crippen LogP contribution in [0.5, 0.6) is 0 Å². The maximum Gasteiger partial charge on any atom is 0.185 e. The summed E-state index contributed by atoms with van der Waals surface area (Å²) in [5.41, 5.74) is 0. The van der Waals surface area contributed by atoms with Gasteiger partial charge in [0.1, 0.15) is 6.09 Å². The lowest BCUT2D eigenvalue weighted by molar-refractivity contribution is -0.265. The van der Waals surface area contributed by atoms with Gasteiger partial charge in [-0.2, -0.15) is 0 Å². The first kappa shape index (κ1) is 9.26. The van der Waals surface area contributed by atoms with Crippen molar-refractivity contribution >= 4 is 22.6 Å². The van der Waals surface area contributed by atoms with Gasteiger partial charge in [0.25, 0.3) is 0 Å². The molecule has 1 aromatic rings. The molecule has 76 valence electrons. The molecule has 1 fully saturated rings. The number of nitrogens with zero attached hydrogens (tertiary/aromatic N) is 3. The molecule has 1 aromatic heterocycles. The molecule has 5 nitrogen and oxygen atoms in total. The Bertz CT molecular complexity index is 306. The highest BCUT2D eigenvalue weighted by atomic mass is 32.1. The predicted molar refractivity (Wildman–Crippen MR) is 51.3 cm³/mol. The lowest BCUT2D eigenvalue weighted by atomic mass is 10.3. The van der Waals surface area contributed by atoms with Crippen LogP contribution < -0.4 is 10.0 Å². The van der Waals surface area contributed by atoms with Gasteiger partial charge in [0, 0.05) is 37.8 Å². The summed E-state index contributed by atoms with van der Waals surface area (Å²) >= 11 is 1.57. The zero-order valence-corrected chi connectivity index (χ0v) is 8.37. The van der Waals surface area contributed by atoms with E-state index in [4.69, 9.17) is 0 Å². The van der Waals surface area contributed by atoms with Crippen LogP contribution in [0.15, 0.2) is 11.6 Å². The van der Waals surface area contributed by atoms with E-state index in [0.717, 1.165) is 5.13 Å². The normalized spacial score (nSPS) is 17.1. The summed E-state index contributed by atoms with van der Waals surface area (Å²) in [5.74, 6) is 0. The molecule has 1 amide bonds. The Hall–Kier alpha value is -1.30. The monoisotopic (exact) mass is 212 g/mol. The van der Waals surface area contributed by atoms with Gasteiger partial charge in [-0.05, 0) is 0 Å². The highest BCUT2D eigenvalue weighted by Crippen LogP contribution is 2.18. The molecule has 1 aliphatic rings. The summed E-state index contributed by atoms with van der Waals surface area (Å²) in [6.07, 6.45) is 0.675. The SMILES string of the molecule is O=C([O-])N1CCN(c2nccs2)CC1. The van der Waals surface area contributed by atoms with E-state index in [1.54, 1.807) is 17.5 Å². The van der Waals surface area contributed by atoms with Crippen molar-refractivity contribution in [1.82, 2.24) is 9.88 Å². The van der Waals surface area contributed by atoms with E-state index in [1.807, 2.05) is 5.38 Å². The summed E-state index contributed by atoms with van der Waals surface area (Å²) in [6, 6.07) is 0. The smallest absolute Gasteiger partial charge is 0.185 e. The minimum absolute atomic E-state index is 0.502. The summed E-state index contributed by atoms with van der Waals surface area (Å²) in [4.78, 5) is 18.1. The van der Waals surface area contributed by atoms with E-state index in [2.05, 4.69) is 9.88 Å². The first-order chi connectivity index (χ1) is 6.77. The van der Waals surface area contributed by atoms with Crippen molar-refractivity contribution in [2.75, 3.05) is 31.1 Å². The molecule has 0 N–H and O–H groups in total. The third-order valence-electron chi connectivity index (χ3n) is 2.23. The molecule has 0 aromatic carbocycles. The van der Waals surface area contributed by atoms with E-state index in [9.17, 15) is 9.90 Å². The lowest BCUT2D eigenvalue weighted by Gasteiger charge is -2.35. The van der Waals surface area contributed by atoms with Gasteiger partial charge in [0.05, 0.1) is 0 Å². The minimum atomic E-state index is -1.08. The number of thiazole rings is 1. The number of hydrogen-bond donors (Lipinski definition) is 0. The maximum atomic E-state index is 10.5. The summed E-state index contributed by atoms with van der Waals surface area (Å²) in [7, 11) is 0. The number of amides is 1. The van der Waals surface area contributed by atoms with Crippen LogP contribution in [-0.4, -0.2) is 42.2 Å². The molecule has 2 heterocycles. The number of carboxylic acid groups (broad SMARTS) is 1. The lowest BCUT2D eigenvalue weighted by Crippen LogP contribution is -2.52. The van der Waals surface area contributed by atoms with Gasteiger partial charge in [-0.15, -0.1) is 11.3 Å². The fraction of sp³-hybridized carbons (Fsp3) is 0.500. The van der Waals surface area contributed by atoms with Crippen LogP contribution in [0.25, 0.3) is 0 Å². The van der Waals surface area contributed by atoms with Gasteiger partial charge in [-0.3, -0.25) is 0 Å². The topological polar surface area (TPSA) is 59.5 Å². The largest absolute Gasteiger partial charge is 0.530 e. The molecule has 14 heavy (non-hydrogen) atoms. The van der Waals surface area contributed by atoms with Gasteiger partial charge >= 0.3 is 0 Å². The van der Waals surface area contributed by atoms with E-state index in [0.29, 0.717) is 26.2 Å². The Morgan fingerprint density at radius 2 is 2.14 bits per heavy atom. The van der Waals surface area contributed by atoms with Crippen molar-refractivity contribution in [2.24, 2.45) is 0 Å². The zero-order chi connectivity index (χ0) is 9.97. The second-order valence-electron chi connectivity index (χ2n) is 3.05. The van der Waals surface area contributed by atoms with Crippen molar-refractivity contribution in [3.8, 4) is 0 Å². The highest BCUT2D eigenvalue weighted by molar-refractivity contribution is 7.13. The first-order valence-electron chi connectivity index (χ1n) is 4.38. The molecule has 0 bridgehead atoms. The molecule has 1 aliphatic heterocycles. The van der Waals surface area contributed by atoms with Crippen LogP contribution in [0.2, 0.25) is 0 Å². The second kappa shape index (κ2) is 3.83. The molecule has 0 atom stereocenters. The molecule has 0 spiro atoms. The van der Waals surface area contributed by atoms with Crippen LogP contribution >= 0.6 is 11.3 Å². The molecular formula is C8H10N3O2S-. The Morgan fingerprint density at radius 1 is 1.43 bits per heavy atom. The number of rotatable bonds is 1. The molecule has 0 unspecified atom stereocenters. The average molecular weight is 212 g/mol. The standard InChI is InChI=1S/C8H11N3O2S/c12-8(13)11-4-2-10(3-5-11)7-9-1-6-14-7/h1,6H,2-5H2,(H,12,13)/p-1. The quantitative estimate of drug-likeness (QED) is 0.636. The van der Waals surface area contributed by atoms with Gasteiger partial charge in [-0.25, -0.2) is 4.98 Å². The third kappa shape index (κ3) is 1.79. The van der Waals surface area contributed by atoms with Gasteiger partial charge < -0.3 is 19.7 Å². The molecule has 0 saturated carbocycles. The Labute approximate surface area is 85.6 Å². The molecule has 2 rings (SSSR count). The number of carbonyl (C=O) groups excluding carboxylic acids is 1. The fourth-order valence-electron chi connectivity index (χ4n) is 1.45. The molecule has 0 aliphatic carbocycles. The van der Waals surface area contributed by atoms with Gasteiger partial charge in [-0.1, -0.05) is 0 Å². The van der Waals surface area contributed by atoms with Crippen molar-refractivity contribution in [3.63, 3.8) is 0 Å². The van der Waals surface area contributed by atoms with Crippen molar-refractivity contribution < 1.29 is 9.90 Å². The Kier molecular flexibility index (Phi) is 2.53. The summed E-state index contributed by atoms with van der Waals surface area (Å²) < 4.78 is 0. The molecule has 0 radical (unpaired) electrons. The number of piperazine rings is 1. The van der Waals surface area contributed by atoms with Crippen molar-refractivity contribution in [1.29, 1.82) is 0 Å². The highest BCUT2D eigenvalue weighted by Gasteiger charge is 2.17. The second-order valence-corrected chi connectivity index (χ2v) is 3.93. The van der Waals surface area contributed by atoms with Crippen molar-refractivity contribution in [3.05, 3.63) is 11.6 Å². The van der Waals surface area contributed by atoms with E-state index < -0.39 is 6.09 Å². The first-order valence-corrected chi connectivity index (χ1v) is 5.25. The minimum Gasteiger partial charge on any atom is -0.530 e. The van der Waals surface area contributed by atoms with E-state index >= 15 is 0 Å². The van der Waals surface area contributed by atoms with E-state index in [-0.39, 0.29) is 0 Å². The van der Waals surface area contributed by atoms with Crippen molar-refractivity contribution in [2.45, 2.75) is 0 Å². The molecule has 6 heteroatoms. The number of anilines is 1. The van der Waals surface area contributed by atoms with Crippen LogP contribution in [0.1, 0.15) is 0 Å². The number of carbonyl (C=O) groups is 1. The van der Waals surface area contributed by atoms with Crippen LogP contribution in [-0.2, 0) is 0 Å². The number of aromatic nitrogens is 1. The summed E-state index contributed by atoms with van der Waals surface area (Å²) in [6.45, 7) is 2.40. The van der Waals surface area contributed by atoms with E-state index in [1.165, 1.54) is 4.90 Å². The van der Waals surface area contributed by atoms with Crippen LogP contribution in [0, 0.1) is 0 Å². The Morgan fingerprint density at radius 3 is 2.64 bits per heavy atom. The average Bonchev–Trinajstić information content (AvgIpc) is 2.71. The van der Waals surface area contributed by atoms with Gasteiger partial charge in [0.2, 0.25) is 0 Å². The summed E-state index contributed by atoms with van der Waals surface area (Å²) in [5, 5.41) is 13.4. The predicted octanol–water partition coefficient (Wildman–Crippen LogP) is -0.392. The maximum absolute atomic E-state index is 10.5. The molecule has 1 saturated heterocycles. The zero-order valence-electron chi connectivity index (χ0n) is 7.55. The third-order valence-corrected chi connectivity index (χ3v) is 3.06. The van der Waals surface area contributed by atoms with Gasteiger partial charge in [0.15, 0.2) is 5.13 Å². The molecular weight excluding hydrogens is 202 g/mol. The fourth-order valence-corrected chi connectivity index (χ4v) is 2.15. The van der Waals surface area contributed by atoms with Crippen LogP contribution in [0.4, 0.5) is 9.93 Å².